The number of fused-ring (bicyclic) bond motifs is 1. The molecule has 1 saturated heterocycles. The number of carbonyl (C=O) groups excluding carboxylic acids is 1. The Kier molecular flexibility index (Phi) is 7.45. The highest BCUT2D eigenvalue weighted by Crippen LogP contribution is 2.35. The van der Waals surface area contributed by atoms with Crippen LogP contribution in [0, 0.1) is 0 Å². The minimum Gasteiger partial charge on any atom is -0.368 e. The third-order valence-corrected chi connectivity index (χ3v) is 6.83. The Morgan fingerprint density at radius 1 is 1.15 bits per heavy atom. The van der Waals surface area contributed by atoms with Gasteiger partial charge in [0.25, 0.3) is 0 Å². The summed E-state index contributed by atoms with van der Waals surface area (Å²) in [6.45, 7) is 3.75. The molecule has 0 spiro atoms. The molecule has 0 bridgehead atoms. The van der Waals surface area contributed by atoms with E-state index in [0.29, 0.717) is 36.6 Å². The molecule has 1 amide bonds. The number of benzene rings is 1. The molecule has 2 aromatic rings. The van der Waals surface area contributed by atoms with E-state index >= 15 is 0 Å². The van der Waals surface area contributed by atoms with Crippen LogP contribution in [0.1, 0.15) is 25.0 Å². The Labute approximate surface area is 195 Å². The van der Waals surface area contributed by atoms with E-state index in [2.05, 4.69) is 9.88 Å². The van der Waals surface area contributed by atoms with Crippen molar-refractivity contribution < 1.29 is 18.0 Å². The maximum absolute atomic E-state index is 13.4. The molecule has 2 N–H and O–H groups in total. The van der Waals surface area contributed by atoms with Crippen LogP contribution in [-0.4, -0.2) is 65.3 Å². The number of unbranched alkanes of at least 4 members (excludes halogenated alkanes) is 1. The van der Waals surface area contributed by atoms with Gasteiger partial charge < -0.3 is 15.5 Å². The molecule has 0 radical (unpaired) electrons. The van der Waals surface area contributed by atoms with Crippen LogP contribution in [0.25, 0.3) is 10.9 Å². The third kappa shape index (κ3) is 5.80. The summed E-state index contributed by atoms with van der Waals surface area (Å²) < 4.78 is 40.1. The molecule has 178 valence electrons. The predicted octanol–water partition coefficient (Wildman–Crippen LogP) is 3.88. The molecule has 3 heterocycles. The van der Waals surface area contributed by atoms with E-state index in [0.717, 1.165) is 37.9 Å². The van der Waals surface area contributed by atoms with Crippen molar-refractivity contribution in [3.63, 3.8) is 0 Å². The number of hydrogen-bond donors (Lipinski definition) is 1. The number of amides is 1. The lowest BCUT2D eigenvalue weighted by atomic mass is 10.1. The van der Waals surface area contributed by atoms with Crippen molar-refractivity contribution in [3.05, 3.63) is 47.6 Å². The molecule has 0 saturated carbocycles. The highest BCUT2D eigenvalue weighted by Gasteiger charge is 2.34. The van der Waals surface area contributed by atoms with Crippen LogP contribution < -0.4 is 10.6 Å². The van der Waals surface area contributed by atoms with Crippen LogP contribution in [0.2, 0.25) is 0 Å². The minimum absolute atomic E-state index is 0.0346. The van der Waals surface area contributed by atoms with Gasteiger partial charge in [0.05, 0.1) is 17.4 Å². The summed E-state index contributed by atoms with van der Waals surface area (Å²) in [5.74, 6) is 0.598. The van der Waals surface area contributed by atoms with Gasteiger partial charge in [0.2, 0.25) is 5.91 Å². The van der Waals surface area contributed by atoms with Crippen LogP contribution in [0.15, 0.2) is 41.9 Å². The second kappa shape index (κ2) is 10.3. The fourth-order valence-electron chi connectivity index (χ4n) is 4.23. The monoisotopic (exact) mass is 479 g/mol. The number of halogens is 3. The molecular weight excluding hydrogens is 451 g/mol. The zero-order valence-electron chi connectivity index (χ0n) is 18.3. The molecule has 6 nitrogen and oxygen atoms in total. The highest BCUT2D eigenvalue weighted by atomic mass is 32.2. The zero-order valence-corrected chi connectivity index (χ0v) is 19.1. The molecule has 1 aromatic carbocycles. The number of aromatic nitrogens is 1. The zero-order chi connectivity index (χ0) is 23.4. The van der Waals surface area contributed by atoms with E-state index in [-0.39, 0.29) is 5.91 Å². The van der Waals surface area contributed by atoms with Crippen molar-refractivity contribution in [1.29, 1.82) is 0 Å². The van der Waals surface area contributed by atoms with Gasteiger partial charge in [-0.25, -0.2) is 4.98 Å². The van der Waals surface area contributed by atoms with E-state index in [1.807, 2.05) is 22.4 Å². The van der Waals surface area contributed by atoms with E-state index in [1.54, 1.807) is 35.0 Å². The number of para-hydroxylation sites is 1. The topological polar surface area (TPSA) is 65.7 Å². The van der Waals surface area contributed by atoms with Gasteiger partial charge in [-0.2, -0.15) is 13.2 Å². The maximum Gasteiger partial charge on any atom is 0.433 e. The number of hydrogen-bond acceptors (Lipinski definition) is 6. The van der Waals surface area contributed by atoms with Crippen LogP contribution in [0.3, 0.4) is 0 Å². The first kappa shape index (κ1) is 23.8. The fraction of sp³-hybridized carbons (Fsp3) is 0.478. The second-order valence-corrected chi connectivity index (χ2v) is 9.23. The lowest BCUT2D eigenvalue weighted by Crippen LogP contribution is -2.46. The molecule has 2 aliphatic heterocycles. The minimum atomic E-state index is -4.48. The van der Waals surface area contributed by atoms with Crippen LogP contribution in [0.4, 0.5) is 18.9 Å². The number of piperazine rings is 1. The van der Waals surface area contributed by atoms with Crippen molar-refractivity contribution in [2.24, 2.45) is 5.73 Å². The van der Waals surface area contributed by atoms with Gasteiger partial charge in [-0.3, -0.25) is 9.69 Å². The number of nitrogens with two attached hydrogens (primary N) is 1. The summed E-state index contributed by atoms with van der Waals surface area (Å²) in [6.07, 6.45) is -0.260. The van der Waals surface area contributed by atoms with Crippen molar-refractivity contribution in [3.8, 4) is 0 Å². The SMILES string of the molecule is NC(CCCCN1CCN(c2cc(C(F)(F)F)nc3ccccc23)CC1)C(=O)N1C=CSC1. The maximum atomic E-state index is 13.4. The first-order valence-electron chi connectivity index (χ1n) is 11.1. The van der Waals surface area contributed by atoms with Gasteiger partial charge in [0.15, 0.2) is 0 Å². The molecule has 2 aliphatic rings. The van der Waals surface area contributed by atoms with Crippen molar-refractivity contribution in [1.82, 2.24) is 14.8 Å². The smallest absolute Gasteiger partial charge is 0.368 e. The Morgan fingerprint density at radius 3 is 2.61 bits per heavy atom. The van der Waals surface area contributed by atoms with Crippen molar-refractivity contribution in [2.45, 2.75) is 31.5 Å². The Hall–Kier alpha value is -2.30. The first-order valence-corrected chi connectivity index (χ1v) is 12.2. The van der Waals surface area contributed by atoms with E-state index in [1.165, 1.54) is 6.07 Å². The third-order valence-electron chi connectivity index (χ3n) is 6.09. The van der Waals surface area contributed by atoms with Gasteiger partial charge in [-0.05, 0) is 36.9 Å². The number of pyridine rings is 1. The summed E-state index contributed by atoms with van der Waals surface area (Å²) in [5.41, 5.74) is 6.14. The van der Waals surface area contributed by atoms with E-state index in [4.69, 9.17) is 5.73 Å². The summed E-state index contributed by atoms with van der Waals surface area (Å²) in [4.78, 5) is 22.0. The van der Waals surface area contributed by atoms with E-state index < -0.39 is 17.9 Å². The lowest BCUT2D eigenvalue weighted by molar-refractivity contribution is -0.141. The highest BCUT2D eigenvalue weighted by molar-refractivity contribution is 8.02. The van der Waals surface area contributed by atoms with Gasteiger partial charge >= 0.3 is 6.18 Å². The van der Waals surface area contributed by atoms with Gasteiger partial charge in [0.1, 0.15) is 5.69 Å². The predicted molar refractivity (Wildman–Crippen MR) is 126 cm³/mol. The second-order valence-electron chi connectivity index (χ2n) is 8.36. The molecule has 4 rings (SSSR count). The number of rotatable bonds is 7. The molecule has 1 unspecified atom stereocenters. The number of alkyl halides is 3. The quantitative estimate of drug-likeness (QED) is 0.608. The number of thioether (sulfide) groups is 1. The summed E-state index contributed by atoms with van der Waals surface area (Å²) >= 11 is 1.58. The molecule has 1 fully saturated rings. The Balaban J connectivity index is 1.28. The molecule has 1 atom stereocenters. The standard InChI is InChI=1S/C23H28F3N5OS/c24-23(25,26)21-15-20(17-5-1-2-7-19(17)28-21)30-11-9-29(10-12-30)8-4-3-6-18(27)22(32)31-13-14-33-16-31/h1-2,5,7,13-15,18H,3-4,6,8-12,16,27H2. The number of carbonyl (C=O) groups is 1. The fourth-order valence-corrected chi connectivity index (χ4v) is 4.93. The molecule has 33 heavy (non-hydrogen) atoms. The largest absolute Gasteiger partial charge is 0.433 e. The summed E-state index contributed by atoms with van der Waals surface area (Å²) in [7, 11) is 0. The van der Waals surface area contributed by atoms with Crippen molar-refractivity contribution in [2.75, 3.05) is 43.5 Å². The molecule has 1 aromatic heterocycles. The van der Waals surface area contributed by atoms with Crippen molar-refractivity contribution >= 4 is 34.3 Å². The van der Waals surface area contributed by atoms with Gasteiger partial charge in [-0.1, -0.05) is 24.6 Å². The summed E-state index contributed by atoms with van der Waals surface area (Å²) in [6, 6.07) is 7.67. The van der Waals surface area contributed by atoms with E-state index in [9.17, 15) is 18.0 Å². The normalized spacial score (nSPS) is 18.3. The Bertz CT molecular complexity index is 1010. The van der Waals surface area contributed by atoms with Crippen LogP contribution >= 0.6 is 11.8 Å². The number of nitrogens with zero attached hydrogens (tertiary/aromatic N) is 4. The first-order chi connectivity index (χ1) is 15.8. The van der Waals surface area contributed by atoms with Gasteiger partial charge in [0, 0.05) is 43.5 Å². The Morgan fingerprint density at radius 2 is 1.91 bits per heavy atom. The average molecular weight is 480 g/mol. The molecule has 0 aliphatic carbocycles. The van der Waals surface area contributed by atoms with Crippen LogP contribution in [-0.2, 0) is 11.0 Å². The summed E-state index contributed by atoms with van der Waals surface area (Å²) in [5, 5.41) is 2.63. The lowest BCUT2D eigenvalue weighted by Gasteiger charge is -2.36. The van der Waals surface area contributed by atoms with Gasteiger partial charge in [-0.15, -0.1) is 11.8 Å². The average Bonchev–Trinajstić information content (AvgIpc) is 3.35. The van der Waals surface area contributed by atoms with Crippen LogP contribution in [0.5, 0.6) is 0 Å². The number of anilines is 1. The molecular formula is C23H28F3N5OS. The molecule has 10 heteroatoms.